The number of carbonyl (C=O) groups is 1. The first kappa shape index (κ1) is 15.2. The summed E-state index contributed by atoms with van der Waals surface area (Å²) in [5, 5.41) is 6.09. The number of hydrogen-bond acceptors (Lipinski definition) is 4. The van der Waals surface area contributed by atoms with Crippen LogP contribution in [0.2, 0.25) is 0 Å². The monoisotopic (exact) mass is 315 g/mol. The number of benzene rings is 1. The van der Waals surface area contributed by atoms with E-state index in [2.05, 4.69) is 29.4 Å². The summed E-state index contributed by atoms with van der Waals surface area (Å²) in [6.07, 6.45) is 2.02. The van der Waals surface area contributed by atoms with Crippen LogP contribution in [0.15, 0.2) is 29.6 Å². The van der Waals surface area contributed by atoms with Gasteiger partial charge in [0.15, 0.2) is 0 Å². The van der Waals surface area contributed by atoms with Crippen LogP contribution in [-0.4, -0.2) is 42.0 Å². The Hall–Kier alpha value is -1.72. The molecular weight excluding hydrogens is 294 g/mol. The number of aryl methyl sites for hydroxylation is 1. The normalized spacial score (nSPS) is 16.0. The zero-order chi connectivity index (χ0) is 15.5. The fourth-order valence-corrected chi connectivity index (χ4v) is 3.73. The van der Waals surface area contributed by atoms with E-state index in [0.717, 1.165) is 36.5 Å². The molecule has 1 aliphatic heterocycles. The second-order valence-corrected chi connectivity index (χ2v) is 6.57. The van der Waals surface area contributed by atoms with Crippen molar-refractivity contribution in [1.82, 2.24) is 15.2 Å². The van der Waals surface area contributed by atoms with Crippen LogP contribution in [0.4, 0.5) is 0 Å². The second kappa shape index (κ2) is 6.58. The van der Waals surface area contributed by atoms with E-state index in [4.69, 9.17) is 0 Å². The van der Waals surface area contributed by atoms with Gasteiger partial charge < -0.3 is 10.2 Å². The maximum Gasteiger partial charge on any atom is 0.273 e. The molecule has 1 amide bonds. The average molecular weight is 315 g/mol. The Labute approximate surface area is 135 Å². The van der Waals surface area contributed by atoms with Crippen LogP contribution in [0.25, 0.3) is 10.6 Å². The number of nitrogens with zero attached hydrogens (tertiary/aromatic N) is 2. The van der Waals surface area contributed by atoms with Crippen molar-refractivity contribution >= 4 is 17.2 Å². The number of hydrogen-bond donors (Lipinski definition) is 1. The summed E-state index contributed by atoms with van der Waals surface area (Å²) in [6.45, 7) is 3.68. The fourth-order valence-electron chi connectivity index (χ4n) is 2.84. The Morgan fingerprint density at radius 1 is 1.32 bits per heavy atom. The molecule has 1 fully saturated rings. The number of carbonyl (C=O) groups excluding carboxylic acids is 1. The molecule has 22 heavy (non-hydrogen) atoms. The van der Waals surface area contributed by atoms with E-state index in [-0.39, 0.29) is 5.91 Å². The predicted molar refractivity (Wildman–Crippen MR) is 90.3 cm³/mol. The van der Waals surface area contributed by atoms with Crippen molar-refractivity contribution in [2.75, 3.05) is 20.1 Å². The van der Waals surface area contributed by atoms with Gasteiger partial charge in [0.25, 0.3) is 5.91 Å². The highest BCUT2D eigenvalue weighted by molar-refractivity contribution is 7.13. The zero-order valence-corrected chi connectivity index (χ0v) is 13.8. The number of likely N-dealkylation sites (tertiary alicyclic amines) is 1. The Bertz CT molecular complexity index is 659. The summed E-state index contributed by atoms with van der Waals surface area (Å²) in [7, 11) is 1.98. The van der Waals surface area contributed by atoms with Crippen molar-refractivity contribution < 1.29 is 4.79 Å². The third-order valence-corrected chi connectivity index (χ3v) is 5.16. The van der Waals surface area contributed by atoms with Gasteiger partial charge in [0, 0.05) is 30.1 Å². The van der Waals surface area contributed by atoms with E-state index in [1.54, 1.807) is 11.3 Å². The number of thiazole rings is 1. The van der Waals surface area contributed by atoms with E-state index in [1.807, 2.05) is 29.5 Å². The van der Waals surface area contributed by atoms with Crippen molar-refractivity contribution in [3.05, 3.63) is 40.9 Å². The fraction of sp³-hybridized carbons (Fsp3) is 0.412. The standard InChI is InChI=1S/C17H21N3OS/c1-12-5-3-4-6-14(12)16-19-15(11-22-16)17(21)20-9-7-13(18-2)8-10-20/h3-6,11,13,18H,7-10H2,1-2H3. The van der Waals surface area contributed by atoms with Gasteiger partial charge in [-0.3, -0.25) is 4.79 Å². The van der Waals surface area contributed by atoms with Crippen molar-refractivity contribution in [3.63, 3.8) is 0 Å². The molecule has 3 rings (SSSR count). The maximum absolute atomic E-state index is 12.6. The Balaban J connectivity index is 1.74. The van der Waals surface area contributed by atoms with E-state index in [0.29, 0.717) is 11.7 Å². The summed E-state index contributed by atoms with van der Waals surface area (Å²) >= 11 is 1.54. The third-order valence-electron chi connectivity index (χ3n) is 4.29. The lowest BCUT2D eigenvalue weighted by Gasteiger charge is -2.31. The minimum absolute atomic E-state index is 0.0608. The van der Waals surface area contributed by atoms with Gasteiger partial charge in [-0.1, -0.05) is 24.3 Å². The second-order valence-electron chi connectivity index (χ2n) is 5.71. The van der Waals surface area contributed by atoms with Crippen LogP contribution in [0, 0.1) is 6.92 Å². The van der Waals surface area contributed by atoms with Crippen molar-refractivity contribution in [2.24, 2.45) is 0 Å². The van der Waals surface area contributed by atoms with Crippen LogP contribution in [0.5, 0.6) is 0 Å². The molecule has 0 saturated carbocycles. The van der Waals surface area contributed by atoms with Gasteiger partial charge in [-0.25, -0.2) is 4.98 Å². The summed E-state index contributed by atoms with van der Waals surface area (Å²) in [4.78, 5) is 19.1. The lowest BCUT2D eigenvalue weighted by Crippen LogP contribution is -2.44. The van der Waals surface area contributed by atoms with Crippen molar-refractivity contribution in [1.29, 1.82) is 0 Å². The third kappa shape index (κ3) is 3.05. The summed E-state index contributed by atoms with van der Waals surface area (Å²) in [5.74, 6) is 0.0608. The molecule has 4 nitrogen and oxygen atoms in total. The summed E-state index contributed by atoms with van der Waals surface area (Å²) < 4.78 is 0. The van der Waals surface area contributed by atoms with Crippen molar-refractivity contribution in [2.45, 2.75) is 25.8 Å². The van der Waals surface area contributed by atoms with Gasteiger partial charge in [-0.15, -0.1) is 11.3 Å². The summed E-state index contributed by atoms with van der Waals surface area (Å²) in [5.41, 5.74) is 2.87. The van der Waals surface area contributed by atoms with Gasteiger partial charge >= 0.3 is 0 Å². The molecule has 0 radical (unpaired) electrons. The molecule has 5 heteroatoms. The molecular formula is C17H21N3OS. The summed E-state index contributed by atoms with van der Waals surface area (Å²) in [6, 6.07) is 8.68. The van der Waals surface area contributed by atoms with Crippen LogP contribution in [0.1, 0.15) is 28.9 Å². The van der Waals surface area contributed by atoms with Crippen molar-refractivity contribution in [3.8, 4) is 10.6 Å². The first-order valence-electron chi connectivity index (χ1n) is 7.67. The Kier molecular flexibility index (Phi) is 4.55. The molecule has 116 valence electrons. The quantitative estimate of drug-likeness (QED) is 0.947. The number of amides is 1. The molecule has 1 saturated heterocycles. The largest absolute Gasteiger partial charge is 0.337 e. The first-order chi connectivity index (χ1) is 10.7. The van der Waals surface area contributed by atoms with Gasteiger partial charge in [-0.05, 0) is 32.4 Å². The SMILES string of the molecule is CNC1CCN(C(=O)c2csc(-c3ccccc3C)n2)CC1. The minimum Gasteiger partial charge on any atom is -0.337 e. The molecule has 1 aromatic carbocycles. The number of nitrogens with one attached hydrogen (secondary N) is 1. The van der Waals surface area contributed by atoms with Gasteiger partial charge in [-0.2, -0.15) is 0 Å². The molecule has 0 atom stereocenters. The Morgan fingerprint density at radius 2 is 2.05 bits per heavy atom. The molecule has 2 aromatic rings. The van der Waals surface area contributed by atoms with E-state index >= 15 is 0 Å². The van der Waals surface area contributed by atoms with Gasteiger partial charge in [0.2, 0.25) is 0 Å². The van der Waals surface area contributed by atoms with Gasteiger partial charge in [0.1, 0.15) is 10.7 Å². The van der Waals surface area contributed by atoms with Gasteiger partial charge in [0.05, 0.1) is 0 Å². The molecule has 2 heterocycles. The van der Waals surface area contributed by atoms with Crippen LogP contribution in [0.3, 0.4) is 0 Å². The lowest BCUT2D eigenvalue weighted by atomic mass is 10.1. The molecule has 1 aromatic heterocycles. The minimum atomic E-state index is 0.0608. The molecule has 0 aliphatic carbocycles. The zero-order valence-electron chi connectivity index (χ0n) is 13.0. The van der Waals surface area contributed by atoms with E-state index in [9.17, 15) is 4.79 Å². The first-order valence-corrected chi connectivity index (χ1v) is 8.55. The molecule has 1 N–H and O–H groups in total. The van der Waals surface area contributed by atoms with Crippen LogP contribution >= 0.6 is 11.3 Å². The van der Waals surface area contributed by atoms with Crippen LogP contribution in [-0.2, 0) is 0 Å². The van der Waals surface area contributed by atoms with Crippen LogP contribution < -0.4 is 5.32 Å². The highest BCUT2D eigenvalue weighted by Gasteiger charge is 2.24. The average Bonchev–Trinajstić information content (AvgIpc) is 3.04. The molecule has 0 spiro atoms. The smallest absolute Gasteiger partial charge is 0.273 e. The van der Waals surface area contributed by atoms with E-state index in [1.165, 1.54) is 5.56 Å². The maximum atomic E-state index is 12.6. The highest BCUT2D eigenvalue weighted by atomic mass is 32.1. The Morgan fingerprint density at radius 3 is 2.73 bits per heavy atom. The molecule has 1 aliphatic rings. The number of piperidine rings is 1. The number of aromatic nitrogens is 1. The predicted octanol–water partition coefficient (Wildman–Crippen LogP) is 2.94. The molecule has 0 bridgehead atoms. The van der Waals surface area contributed by atoms with E-state index < -0.39 is 0 Å². The topological polar surface area (TPSA) is 45.2 Å². The number of rotatable bonds is 3. The molecule has 0 unspecified atom stereocenters. The lowest BCUT2D eigenvalue weighted by molar-refractivity contribution is 0.0702. The highest BCUT2D eigenvalue weighted by Crippen LogP contribution is 2.27.